The van der Waals surface area contributed by atoms with Crippen LogP contribution in [0.5, 0.6) is 5.75 Å². The third-order valence-electron chi connectivity index (χ3n) is 3.65. The van der Waals surface area contributed by atoms with E-state index in [1.807, 2.05) is 6.92 Å². The quantitative estimate of drug-likeness (QED) is 0.580. The first-order chi connectivity index (χ1) is 12.5. The molecule has 0 atom stereocenters. The highest BCUT2D eigenvalue weighted by Gasteiger charge is 2.17. The average Bonchev–Trinajstić information content (AvgIpc) is 2.63. The maximum Gasteiger partial charge on any atom is 0.261 e. The Morgan fingerprint density at radius 2 is 1.69 bits per heavy atom. The van der Waals surface area contributed by atoms with Gasteiger partial charge in [0.15, 0.2) is 0 Å². The van der Waals surface area contributed by atoms with Crippen molar-refractivity contribution in [2.45, 2.75) is 11.8 Å². The van der Waals surface area contributed by atoms with E-state index < -0.39 is 10.0 Å². The van der Waals surface area contributed by atoms with Crippen LogP contribution in [-0.4, -0.2) is 51.5 Å². The number of hydrogen-bond donors (Lipinski definition) is 3. The van der Waals surface area contributed by atoms with E-state index in [2.05, 4.69) is 4.72 Å². The largest absolute Gasteiger partial charge is 0.492 e. The fourth-order valence-corrected chi connectivity index (χ4v) is 3.58. The highest BCUT2D eigenvalue weighted by atomic mass is 32.2. The Balaban J connectivity index is 2.36. The van der Waals surface area contributed by atoms with Crippen molar-refractivity contribution in [3.8, 4) is 5.75 Å². The SMILES string of the molecule is CCOc1ccc(NS(=O)(=O)c2ccccc2)cc1N(CCO)CCO. The minimum Gasteiger partial charge on any atom is -0.492 e. The Hall–Kier alpha value is -2.29. The zero-order valence-electron chi connectivity index (χ0n) is 14.6. The Kier molecular flexibility index (Phi) is 7.26. The van der Waals surface area contributed by atoms with Gasteiger partial charge >= 0.3 is 0 Å². The third kappa shape index (κ3) is 5.10. The molecule has 0 aliphatic heterocycles. The Bertz CT molecular complexity index is 790. The lowest BCUT2D eigenvalue weighted by atomic mass is 10.2. The lowest BCUT2D eigenvalue weighted by Crippen LogP contribution is -2.30. The number of aliphatic hydroxyl groups is 2. The summed E-state index contributed by atoms with van der Waals surface area (Å²) in [4.78, 5) is 1.91. The summed E-state index contributed by atoms with van der Waals surface area (Å²) in [5.41, 5.74) is 0.969. The lowest BCUT2D eigenvalue weighted by Gasteiger charge is -2.26. The van der Waals surface area contributed by atoms with Crippen molar-refractivity contribution < 1.29 is 23.4 Å². The second-order valence-electron chi connectivity index (χ2n) is 5.47. The van der Waals surface area contributed by atoms with Gasteiger partial charge in [-0.25, -0.2) is 8.42 Å². The van der Waals surface area contributed by atoms with E-state index in [1.165, 1.54) is 12.1 Å². The van der Waals surface area contributed by atoms with Gasteiger partial charge < -0.3 is 19.8 Å². The van der Waals surface area contributed by atoms with Crippen molar-refractivity contribution >= 4 is 21.4 Å². The molecule has 0 saturated carbocycles. The zero-order valence-corrected chi connectivity index (χ0v) is 15.4. The highest BCUT2D eigenvalue weighted by molar-refractivity contribution is 7.92. The molecule has 0 aliphatic carbocycles. The summed E-state index contributed by atoms with van der Waals surface area (Å²) in [7, 11) is -3.71. The van der Waals surface area contributed by atoms with Gasteiger partial charge in [-0.1, -0.05) is 18.2 Å². The topological polar surface area (TPSA) is 99.1 Å². The molecular formula is C18H24N2O5S. The molecule has 26 heavy (non-hydrogen) atoms. The van der Waals surface area contributed by atoms with E-state index in [4.69, 9.17) is 4.74 Å². The van der Waals surface area contributed by atoms with Crippen LogP contribution in [0.1, 0.15) is 6.92 Å². The Morgan fingerprint density at radius 1 is 1.04 bits per heavy atom. The van der Waals surface area contributed by atoms with Crippen molar-refractivity contribution in [2.24, 2.45) is 0 Å². The Labute approximate surface area is 153 Å². The normalized spacial score (nSPS) is 11.2. The Morgan fingerprint density at radius 3 is 2.27 bits per heavy atom. The first-order valence-electron chi connectivity index (χ1n) is 8.33. The molecule has 7 nitrogen and oxygen atoms in total. The summed E-state index contributed by atoms with van der Waals surface area (Å²) in [6.07, 6.45) is 0. The van der Waals surface area contributed by atoms with Crippen LogP contribution in [0.25, 0.3) is 0 Å². The second-order valence-corrected chi connectivity index (χ2v) is 7.15. The summed E-state index contributed by atoms with van der Waals surface area (Å²) in [5, 5.41) is 18.5. The van der Waals surface area contributed by atoms with Gasteiger partial charge in [0.25, 0.3) is 10.0 Å². The number of hydrogen-bond acceptors (Lipinski definition) is 6. The van der Waals surface area contributed by atoms with E-state index in [9.17, 15) is 18.6 Å². The monoisotopic (exact) mass is 380 g/mol. The van der Waals surface area contributed by atoms with Crippen LogP contribution in [0, 0.1) is 0 Å². The number of sulfonamides is 1. The molecule has 0 heterocycles. The smallest absolute Gasteiger partial charge is 0.261 e. The number of benzene rings is 2. The van der Waals surface area contributed by atoms with Crippen LogP contribution < -0.4 is 14.4 Å². The van der Waals surface area contributed by atoms with E-state index in [0.717, 1.165) is 0 Å². The summed E-state index contributed by atoms with van der Waals surface area (Å²) in [5.74, 6) is 0.553. The standard InChI is InChI=1S/C18H24N2O5S/c1-2-25-18-9-8-15(14-17(18)20(10-12-21)11-13-22)19-26(23,24)16-6-4-3-5-7-16/h3-9,14,19,21-22H,2,10-13H2,1H3. The van der Waals surface area contributed by atoms with Crippen LogP contribution in [-0.2, 0) is 10.0 Å². The number of rotatable bonds is 10. The summed E-state index contributed by atoms with van der Waals surface area (Å²) < 4.78 is 33.2. The molecule has 8 heteroatoms. The molecule has 0 radical (unpaired) electrons. The molecule has 2 aromatic rings. The summed E-state index contributed by atoms with van der Waals surface area (Å²) >= 11 is 0. The molecule has 0 bridgehead atoms. The lowest BCUT2D eigenvalue weighted by molar-refractivity contribution is 0.279. The highest BCUT2D eigenvalue weighted by Crippen LogP contribution is 2.32. The molecule has 2 aromatic carbocycles. The average molecular weight is 380 g/mol. The fourth-order valence-electron chi connectivity index (χ4n) is 2.51. The number of aliphatic hydroxyl groups excluding tert-OH is 2. The minimum atomic E-state index is -3.71. The van der Waals surface area contributed by atoms with Crippen LogP contribution in [0.15, 0.2) is 53.4 Å². The first-order valence-corrected chi connectivity index (χ1v) is 9.81. The second kappa shape index (κ2) is 9.42. The first kappa shape index (κ1) is 20.0. The van der Waals surface area contributed by atoms with Gasteiger partial charge in [0.2, 0.25) is 0 Å². The van der Waals surface area contributed by atoms with Crippen molar-refractivity contribution in [2.75, 3.05) is 42.5 Å². The third-order valence-corrected chi connectivity index (χ3v) is 5.04. The minimum absolute atomic E-state index is 0.106. The zero-order chi connectivity index (χ0) is 19.0. The molecule has 3 N–H and O–H groups in total. The van der Waals surface area contributed by atoms with Gasteiger partial charge in [0, 0.05) is 13.1 Å². The summed E-state index contributed by atoms with van der Waals surface area (Å²) in [6.45, 7) is 2.65. The van der Waals surface area contributed by atoms with Gasteiger partial charge in [0.1, 0.15) is 5.75 Å². The molecule has 0 aliphatic rings. The van der Waals surface area contributed by atoms with Gasteiger partial charge in [-0.3, -0.25) is 4.72 Å². The van der Waals surface area contributed by atoms with Crippen molar-refractivity contribution in [1.29, 1.82) is 0 Å². The fraction of sp³-hybridized carbons (Fsp3) is 0.333. The predicted molar refractivity (Wildman–Crippen MR) is 101 cm³/mol. The number of anilines is 2. The number of nitrogens with zero attached hydrogens (tertiary/aromatic N) is 1. The maximum atomic E-state index is 12.5. The molecule has 0 saturated heterocycles. The van der Waals surface area contributed by atoms with Crippen LogP contribution in [0.2, 0.25) is 0 Å². The molecule has 0 aromatic heterocycles. The van der Waals surface area contributed by atoms with Gasteiger partial charge in [-0.15, -0.1) is 0 Å². The summed E-state index contributed by atoms with van der Waals surface area (Å²) in [6, 6.07) is 13.0. The van der Waals surface area contributed by atoms with Crippen molar-refractivity contribution in [3.63, 3.8) is 0 Å². The molecule has 0 amide bonds. The molecule has 142 valence electrons. The van der Waals surface area contributed by atoms with Crippen LogP contribution in [0.3, 0.4) is 0 Å². The van der Waals surface area contributed by atoms with Crippen molar-refractivity contribution in [1.82, 2.24) is 0 Å². The number of ether oxygens (including phenoxy) is 1. The molecule has 2 rings (SSSR count). The molecule has 0 fully saturated rings. The van der Waals surface area contributed by atoms with E-state index >= 15 is 0 Å². The number of nitrogens with one attached hydrogen (secondary N) is 1. The van der Waals surface area contributed by atoms with Gasteiger partial charge in [-0.2, -0.15) is 0 Å². The van der Waals surface area contributed by atoms with Crippen molar-refractivity contribution in [3.05, 3.63) is 48.5 Å². The van der Waals surface area contributed by atoms with Gasteiger partial charge in [0.05, 0.1) is 36.1 Å². The van der Waals surface area contributed by atoms with E-state index in [-0.39, 0.29) is 31.2 Å². The van der Waals surface area contributed by atoms with E-state index in [0.29, 0.717) is 23.7 Å². The molecule has 0 spiro atoms. The van der Waals surface area contributed by atoms with Gasteiger partial charge in [-0.05, 0) is 37.3 Å². The maximum absolute atomic E-state index is 12.5. The van der Waals surface area contributed by atoms with Crippen LogP contribution in [0.4, 0.5) is 11.4 Å². The van der Waals surface area contributed by atoms with Crippen LogP contribution >= 0.6 is 0 Å². The predicted octanol–water partition coefficient (Wildman–Crippen LogP) is 1.68. The molecular weight excluding hydrogens is 356 g/mol. The van der Waals surface area contributed by atoms with E-state index in [1.54, 1.807) is 41.3 Å². The molecule has 0 unspecified atom stereocenters.